The minimum absolute atomic E-state index is 0.0557. The molecule has 2 aromatic rings. The molecule has 142 valence electrons. The normalized spacial score (nSPS) is 18.9. The molecule has 1 amide bonds. The van der Waals surface area contributed by atoms with Gasteiger partial charge in [0, 0.05) is 18.5 Å². The van der Waals surface area contributed by atoms with Crippen molar-refractivity contribution in [2.24, 2.45) is 0 Å². The van der Waals surface area contributed by atoms with Gasteiger partial charge in [-0.2, -0.15) is 0 Å². The molecule has 1 unspecified atom stereocenters. The Labute approximate surface area is 157 Å². The lowest BCUT2D eigenvalue weighted by Crippen LogP contribution is -2.30. The number of nitrogens with zero attached hydrogens (tertiary/aromatic N) is 1. The molecular formula is C21H22FNO4. The van der Waals surface area contributed by atoms with Crippen molar-refractivity contribution in [1.82, 2.24) is 4.90 Å². The van der Waals surface area contributed by atoms with Gasteiger partial charge in [0.1, 0.15) is 0 Å². The first-order valence-electron chi connectivity index (χ1n) is 9.21. The maximum Gasteiger partial charge on any atom is 0.254 e. The lowest BCUT2D eigenvalue weighted by molar-refractivity contribution is 0.0735. The van der Waals surface area contributed by atoms with Gasteiger partial charge in [0.05, 0.1) is 26.4 Å². The second-order valence-corrected chi connectivity index (χ2v) is 6.76. The molecule has 1 atom stereocenters. The monoisotopic (exact) mass is 371 g/mol. The van der Waals surface area contributed by atoms with Gasteiger partial charge >= 0.3 is 0 Å². The van der Waals surface area contributed by atoms with Crippen LogP contribution in [0, 0.1) is 5.82 Å². The average Bonchev–Trinajstić information content (AvgIpc) is 3.06. The van der Waals surface area contributed by atoms with Crippen LogP contribution in [0.3, 0.4) is 0 Å². The van der Waals surface area contributed by atoms with Crippen LogP contribution in [0.25, 0.3) is 0 Å². The smallest absolute Gasteiger partial charge is 0.254 e. The summed E-state index contributed by atoms with van der Waals surface area (Å²) in [6.45, 7) is 1.91. The molecule has 0 radical (unpaired) electrons. The van der Waals surface area contributed by atoms with Crippen LogP contribution in [0.15, 0.2) is 36.4 Å². The Morgan fingerprint density at radius 1 is 1.11 bits per heavy atom. The van der Waals surface area contributed by atoms with E-state index in [4.69, 9.17) is 14.2 Å². The number of ether oxygens (including phenoxy) is 3. The van der Waals surface area contributed by atoms with Gasteiger partial charge in [-0.1, -0.05) is 6.07 Å². The molecule has 6 heteroatoms. The first kappa shape index (κ1) is 17.6. The van der Waals surface area contributed by atoms with Crippen molar-refractivity contribution in [3.8, 4) is 17.2 Å². The highest BCUT2D eigenvalue weighted by molar-refractivity contribution is 5.94. The second kappa shape index (κ2) is 7.47. The zero-order chi connectivity index (χ0) is 18.8. The number of amides is 1. The zero-order valence-corrected chi connectivity index (χ0v) is 15.2. The SMILES string of the molecule is COc1ccc(C(=O)N2CCCC2c2ccc3c(c2)OCCCO3)cc1F. The fraction of sp³-hybridized carbons (Fsp3) is 0.381. The van der Waals surface area contributed by atoms with Gasteiger partial charge in [-0.25, -0.2) is 4.39 Å². The maximum absolute atomic E-state index is 14.0. The third-order valence-corrected chi connectivity index (χ3v) is 5.07. The molecule has 2 aliphatic rings. The van der Waals surface area contributed by atoms with E-state index in [1.807, 2.05) is 18.2 Å². The molecule has 2 heterocycles. The van der Waals surface area contributed by atoms with E-state index in [0.717, 1.165) is 36.3 Å². The molecule has 27 heavy (non-hydrogen) atoms. The molecule has 2 aliphatic heterocycles. The van der Waals surface area contributed by atoms with Gasteiger partial charge in [0.2, 0.25) is 0 Å². The van der Waals surface area contributed by atoms with E-state index in [2.05, 4.69) is 0 Å². The van der Waals surface area contributed by atoms with E-state index >= 15 is 0 Å². The van der Waals surface area contributed by atoms with Crippen LogP contribution in [0.4, 0.5) is 4.39 Å². The van der Waals surface area contributed by atoms with E-state index in [1.165, 1.54) is 19.2 Å². The summed E-state index contributed by atoms with van der Waals surface area (Å²) < 4.78 is 30.4. The van der Waals surface area contributed by atoms with Crippen molar-refractivity contribution < 1.29 is 23.4 Å². The summed E-state index contributed by atoms with van der Waals surface area (Å²) in [6, 6.07) is 10.1. The molecule has 0 bridgehead atoms. The van der Waals surface area contributed by atoms with Crippen molar-refractivity contribution in [2.75, 3.05) is 26.9 Å². The van der Waals surface area contributed by atoms with Crippen LogP contribution in [0.1, 0.15) is 41.2 Å². The number of halogens is 1. The molecule has 5 nitrogen and oxygen atoms in total. The summed E-state index contributed by atoms with van der Waals surface area (Å²) in [5.41, 5.74) is 1.34. The summed E-state index contributed by atoms with van der Waals surface area (Å²) in [5, 5.41) is 0. The Morgan fingerprint density at radius 3 is 2.70 bits per heavy atom. The van der Waals surface area contributed by atoms with Crippen LogP contribution < -0.4 is 14.2 Å². The van der Waals surface area contributed by atoms with E-state index < -0.39 is 5.82 Å². The summed E-state index contributed by atoms with van der Waals surface area (Å²) in [6.07, 6.45) is 2.62. The highest BCUT2D eigenvalue weighted by Gasteiger charge is 2.31. The Morgan fingerprint density at radius 2 is 1.93 bits per heavy atom. The lowest BCUT2D eigenvalue weighted by Gasteiger charge is -2.26. The molecule has 0 N–H and O–H groups in total. The fourth-order valence-corrected chi connectivity index (χ4v) is 3.71. The summed E-state index contributed by atoms with van der Waals surface area (Å²) in [7, 11) is 1.40. The van der Waals surface area contributed by atoms with Gasteiger partial charge in [0.15, 0.2) is 23.1 Å². The molecule has 2 aromatic carbocycles. The Hall–Kier alpha value is -2.76. The zero-order valence-electron chi connectivity index (χ0n) is 15.2. The summed E-state index contributed by atoms with van der Waals surface area (Å²) in [5.74, 6) is 0.886. The number of benzene rings is 2. The quantitative estimate of drug-likeness (QED) is 0.819. The van der Waals surface area contributed by atoms with Crippen LogP contribution in [-0.4, -0.2) is 37.7 Å². The van der Waals surface area contributed by atoms with E-state index in [9.17, 15) is 9.18 Å². The van der Waals surface area contributed by atoms with Gasteiger partial charge in [-0.3, -0.25) is 4.79 Å². The lowest BCUT2D eigenvalue weighted by atomic mass is 10.0. The molecular weight excluding hydrogens is 349 g/mol. The molecule has 0 aliphatic carbocycles. The number of fused-ring (bicyclic) bond motifs is 1. The fourth-order valence-electron chi connectivity index (χ4n) is 3.71. The second-order valence-electron chi connectivity index (χ2n) is 6.76. The van der Waals surface area contributed by atoms with Crippen molar-refractivity contribution in [2.45, 2.75) is 25.3 Å². The van der Waals surface area contributed by atoms with E-state index in [0.29, 0.717) is 25.3 Å². The number of methoxy groups -OCH3 is 1. The minimum atomic E-state index is -0.533. The van der Waals surface area contributed by atoms with Gasteiger partial charge < -0.3 is 19.1 Å². The molecule has 0 saturated carbocycles. The Balaban J connectivity index is 1.59. The standard InChI is InChI=1S/C21H22FNO4/c1-25-18-7-6-15(12-16(18)22)21(24)23-9-2-4-17(23)14-5-8-19-20(13-14)27-11-3-10-26-19/h5-8,12-13,17H,2-4,9-11H2,1H3. The maximum atomic E-state index is 14.0. The third kappa shape index (κ3) is 3.44. The van der Waals surface area contributed by atoms with E-state index in [-0.39, 0.29) is 17.7 Å². The average molecular weight is 371 g/mol. The van der Waals surface area contributed by atoms with E-state index in [1.54, 1.807) is 11.0 Å². The third-order valence-electron chi connectivity index (χ3n) is 5.07. The molecule has 1 fully saturated rings. The summed E-state index contributed by atoms with van der Waals surface area (Å²) >= 11 is 0. The molecule has 1 saturated heterocycles. The van der Waals surface area contributed by atoms with Gasteiger partial charge in [-0.15, -0.1) is 0 Å². The predicted octanol–water partition coefficient (Wildman–Crippen LogP) is 3.97. The minimum Gasteiger partial charge on any atom is -0.494 e. The number of carbonyl (C=O) groups is 1. The largest absolute Gasteiger partial charge is 0.494 e. The molecule has 0 aromatic heterocycles. The highest BCUT2D eigenvalue weighted by atomic mass is 19.1. The Kier molecular flexibility index (Phi) is 4.88. The number of likely N-dealkylation sites (tertiary alicyclic amines) is 1. The Bertz CT molecular complexity index is 854. The van der Waals surface area contributed by atoms with Crippen LogP contribution in [0.2, 0.25) is 0 Å². The molecule has 4 rings (SSSR count). The molecule has 0 spiro atoms. The van der Waals surface area contributed by atoms with Crippen molar-refractivity contribution in [3.05, 3.63) is 53.3 Å². The van der Waals surface area contributed by atoms with Gasteiger partial charge in [0.25, 0.3) is 5.91 Å². The number of carbonyl (C=O) groups excluding carboxylic acids is 1. The topological polar surface area (TPSA) is 48.0 Å². The highest BCUT2D eigenvalue weighted by Crippen LogP contribution is 2.38. The van der Waals surface area contributed by atoms with Crippen molar-refractivity contribution >= 4 is 5.91 Å². The van der Waals surface area contributed by atoms with Crippen LogP contribution in [-0.2, 0) is 0 Å². The van der Waals surface area contributed by atoms with Crippen molar-refractivity contribution in [3.63, 3.8) is 0 Å². The van der Waals surface area contributed by atoms with Gasteiger partial charge in [-0.05, 0) is 48.7 Å². The van der Waals surface area contributed by atoms with Crippen LogP contribution >= 0.6 is 0 Å². The van der Waals surface area contributed by atoms with Crippen LogP contribution in [0.5, 0.6) is 17.2 Å². The number of hydrogen-bond donors (Lipinski definition) is 0. The summed E-state index contributed by atoms with van der Waals surface area (Å²) in [4.78, 5) is 14.8. The first-order valence-corrected chi connectivity index (χ1v) is 9.21. The number of hydrogen-bond acceptors (Lipinski definition) is 4. The number of rotatable bonds is 3. The predicted molar refractivity (Wildman–Crippen MR) is 98.0 cm³/mol. The first-order chi connectivity index (χ1) is 13.2. The van der Waals surface area contributed by atoms with Crippen molar-refractivity contribution in [1.29, 1.82) is 0 Å².